The van der Waals surface area contributed by atoms with Gasteiger partial charge in [-0.3, -0.25) is 19.2 Å². The number of nitrogens with one attached hydrogen (secondary N) is 1. The molecule has 2 amide bonds. The van der Waals surface area contributed by atoms with Crippen LogP contribution in [-0.4, -0.2) is 58.3 Å². The Labute approximate surface area is 250 Å². The van der Waals surface area contributed by atoms with E-state index in [1.807, 2.05) is 20.8 Å². The monoisotopic (exact) mass is 562 g/mol. The number of ether oxygens (including phenoxy) is 2. The van der Waals surface area contributed by atoms with Gasteiger partial charge in [-0.25, -0.2) is 0 Å². The van der Waals surface area contributed by atoms with Crippen LogP contribution in [0.25, 0.3) is 0 Å². The summed E-state index contributed by atoms with van der Waals surface area (Å²) in [6.07, 6.45) is 3.67. The van der Waals surface area contributed by atoms with E-state index in [4.69, 9.17) is 9.47 Å². The van der Waals surface area contributed by atoms with Gasteiger partial charge in [-0.05, 0) is 53.9 Å². The average molecular weight is 564 g/mol. The standard InChI is InChI=1S/C9H15NO3.C6H11BrO2.C4H9O.C3H5NO.K/c1-5-10(7-11)6-8(12)13-9(2,3)4;1-6(2,3)9-5(8)4-7;1-4(2,3)5;1-2-4-3-5;/h5,7H,1,6H2,2-4H3;4H2,1-3H3;1-3H3;2-3H,1H2,(H,4,5);/q;;-1;;+1. The summed E-state index contributed by atoms with van der Waals surface area (Å²) in [4.78, 5) is 42.3. The van der Waals surface area contributed by atoms with Crippen molar-refractivity contribution >= 4 is 40.7 Å². The summed E-state index contributed by atoms with van der Waals surface area (Å²) in [7, 11) is 0. The van der Waals surface area contributed by atoms with Gasteiger partial charge in [-0.15, -0.1) is 5.60 Å². The molecule has 1 N–H and O–H groups in total. The molecule has 9 nitrogen and oxygen atoms in total. The molecule has 0 aromatic carbocycles. The fourth-order valence-corrected chi connectivity index (χ4v) is 1.20. The van der Waals surface area contributed by atoms with Crippen LogP contribution >= 0.6 is 15.9 Å². The summed E-state index contributed by atoms with van der Waals surface area (Å²) >= 11 is 2.99. The first-order chi connectivity index (χ1) is 14.3. The van der Waals surface area contributed by atoms with Crippen LogP contribution in [0.15, 0.2) is 25.6 Å². The van der Waals surface area contributed by atoms with E-state index in [1.165, 1.54) is 12.4 Å². The van der Waals surface area contributed by atoms with E-state index < -0.39 is 17.2 Å². The van der Waals surface area contributed by atoms with Gasteiger partial charge in [0.2, 0.25) is 12.8 Å². The number of carbonyl (C=O) groups excluding carboxylic acids is 4. The first-order valence-corrected chi connectivity index (χ1v) is 10.7. The summed E-state index contributed by atoms with van der Waals surface area (Å²) in [6, 6.07) is 0. The van der Waals surface area contributed by atoms with Crippen LogP contribution in [0.2, 0.25) is 0 Å². The fraction of sp³-hybridized carbons (Fsp3) is 0.636. The molecule has 0 radical (unpaired) electrons. The molecule has 11 heteroatoms. The maximum atomic E-state index is 11.1. The van der Waals surface area contributed by atoms with Gasteiger partial charge in [-0.1, -0.05) is 49.9 Å². The summed E-state index contributed by atoms with van der Waals surface area (Å²) < 4.78 is 9.89. The molecule has 0 aromatic heterocycles. The summed E-state index contributed by atoms with van der Waals surface area (Å²) in [5.74, 6) is -0.665. The Kier molecular flexibility index (Phi) is 29.9. The molecule has 0 saturated heterocycles. The number of hydrogen-bond acceptors (Lipinski definition) is 7. The molecule has 0 aliphatic rings. The van der Waals surface area contributed by atoms with Gasteiger partial charge in [-0.2, -0.15) is 0 Å². The second kappa shape index (κ2) is 23.2. The van der Waals surface area contributed by atoms with Crippen molar-refractivity contribution in [2.75, 3.05) is 11.9 Å². The summed E-state index contributed by atoms with van der Waals surface area (Å²) in [5, 5.41) is 12.6. The second-order valence-corrected chi connectivity index (χ2v) is 9.43. The molecule has 0 saturated carbocycles. The maximum Gasteiger partial charge on any atom is 1.00 e. The van der Waals surface area contributed by atoms with Crippen LogP contribution in [0.5, 0.6) is 0 Å². The minimum absolute atomic E-state index is 0. The van der Waals surface area contributed by atoms with E-state index in [0.29, 0.717) is 12.8 Å². The van der Waals surface area contributed by atoms with Crippen molar-refractivity contribution in [3.8, 4) is 0 Å². The zero-order valence-electron chi connectivity index (χ0n) is 21.8. The molecular weight excluding hydrogens is 523 g/mol. The molecule has 0 rings (SSSR count). The van der Waals surface area contributed by atoms with Gasteiger partial charge in [0.1, 0.15) is 23.1 Å². The van der Waals surface area contributed by atoms with E-state index in [-0.39, 0.29) is 74.8 Å². The minimum atomic E-state index is -0.750. The van der Waals surface area contributed by atoms with E-state index in [0.717, 1.165) is 4.90 Å². The van der Waals surface area contributed by atoms with E-state index in [9.17, 15) is 24.3 Å². The number of carbonyl (C=O) groups is 4. The average Bonchev–Trinajstić information content (AvgIpc) is 2.57. The molecular formula is C22H40BrKN2O7. The molecule has 0 atom stereocenters. The minimum Gasteiger partial charge on any atom is -0.850 e. The molecule has 0 aliphatic heterocycles. The zero-order valence-corrected chi connectivity index (χ0v) is 26.5. The van der Waals surface area contributed by atoms with Crippen LogP contribution in [-0.2, 0) is 28.7 Å². The number of nitrogens with zero attached hydrogens (tertiary/aromatic N) is 1. The predicted octanol–water partition coefficient (Wildman–Crippen LogP) is -0.322. The van der Waals surface area contributed by atoms with Gasteiger partial charge < -0.3 is 24.8 Å². The first-order valence-electron chi connectivity index (χ1n) is 9.60. The molecule has 0 bridgehead atoms. The molecule has 0 unspecified atom stereocenters. The summed E-state index contributed by atoms with van der Waals surface area (Å²) in [5.41, 5.74) is -1.63. The topological polar surface area (TPSA) is 125 Å². The number of halogens is 1. The predicted molar refractivity (Wildman–Crippen MR) is 128 cm³/mol. The van der Waals surface area contributed by atoms with Gasteiger partial charge >= 0.3 is 63.3 Å². The largest absolute Gasteiger partial charge is 1.00 e. The Morgan fingerprint density at radius 1 is 0.939 bits per heavy atom. The van der Waals surface area contributed by atoms with Crippen molar-refractivity contribution in [2.45, 2.75) is 79.1 Å². The van der Waals surface area contributed by atoms with Crippen molar-refractivity contribution < 1.29 is 85.1 Å². The number of alkyl halides is 1. The van der Waals surface area contributed by atoms with Crippen LogP contribution < -0.4 is 61.8 Å². The van der Waals surface area contributed by atoms with Crippen molar-refractivity contribution in [1.82, 2.24) is 10.2 Å². The third-order valence-electron chi connectivity index (χ3n) is 1.82. The molecule has 0 aliphatic carbocycles. The van der Waals surface area contributed by atoms with E-state index >= 15 is 0 Å². The van der Waals surface area contributed by atoms with Gasteiger partial charge in [0, 0.05) is 0 Å². The fourth-order valence-electron chi connectivity index (χ4n) is 1.08. The number of esters is 2. The SMILES string of the molecule is C=CN(C=O)CC(=O)OC(C)(C)C.C=CNC=O.CC(C)(C)OC(=O)CBr.CC(C)(C)[O-].[K+]. The Morgan fingerprint density at radius 3 is 1.45 bits per heavy atom. The van der Waals surface area contributed by atoms with Crippen molar-refractivity contribution in [3.05, 3.63) is 25.6 Å². The third-order valence-corrected chi connectivity index (χ3v) is 2.27. The summed E-state index contributed by atoms with van der Waals surface area (Å²) in [6.45, 7) is 22.2. The number of hydrogen-bond donors (Lipinski definition) is 1. The van der Waals surface area contributed by atoms with E-state index in [1.54, 1.807) is 41.5 Å². The van der Waals surface area contributed by atoms with Crippen LogP contribution in [0.4, 0.5) is 0 Å². The van der Waals surface area contributed by atoms with Gasteiger partial charge in [0.25, 0.3) is 0 Å². The molecule has 188 valence electrons. The second-order valence-electron chi connectivity index (χ2n) is 8.87. The van der Waals surface area contributed by atoms with Crippen LogP contribution in [0, 0.1) is 0 Å². The Hall–Kier alpha value is -0.564. The Bertz CT molecular complexity index is 547. The smallest absolute Gasteiger partial charge is 0.850 e. The Morgan fingerprint density at radius 2 is 1.30 bits per heavy atom. The van der Waals surface area contributed by atoms with Gasteiger partial charge in [0.15, 0.2) is 0 Å². The normalized spacial score (nSPS) is 9.79. The quantitative estimate of drug-likeness (QED) is 0.195. The first kappa shape index (κ1) is 42.6. The van der Waals surface area contributed by atoms with Crippen molar-refractivity contribution in [1.29, 1.82) is 0 Å². The third kappa shape index (κ3) is 59.3. The maximum absolute atomic E-state index is 11.1. The zero-order chi connectivity index (χ0) is 26.6. The number of amides is 2. The molecule has 0 fully saturated rings. The molecule has 0 spiro atoms. The van der Waals surface area contributed by atoms with Crippen LogP contribution in [0.3, 0.4) is 0 Å². The van der Waals surface area contributed by atoms with Crippen molar-refractivity contribution in [2.24, 2.45) is 0 Å². The number of rotatable bonds is 7. The van der Waals surface area contributed by atoms with Crippen LogP contribution in [0.1, 0.15) is 62.3 Å². The Balaban J connectivity index is -0.000000114. The molecule has 33 heavy (non-hydrogen) atoms. The van der Waals surface area contributed by atoms with E-state index in [2.05, 4.69) is 34.4 Å². The molecule has 0 aromatic rings. The molecule has 0 heterocycles. The van der Waals surface area contributed by atoms with Crippen molar-refractivity contribution in [3.63, 3.8) is 0 Å². The van der Waals surface area contributed by atoms with Gasteiger partial charge in [0.05, 0.1) is 0 Å².